The minimum atomic E-state index is -0.220. The Morgan fingerprint density at radius 2 is 1.88 bits per heavy atom. The van der Waals surface area contributed by atoms with Crippen LogP contribution in [0, 0.1) is 19.8 Å². The number of rotatable bonds is 7. The molecular formula is C25H29N5O3S. The van der Waals surface area contributed by atoms with E-state index in [2.05, 4.69) is 24.1 Å². The molecule has 34 heavy (non-hydrogen) atoms. The fourth-order valence-corrected chi connectivity index (χ4v) is 4.67. The van der Waals surface area contributed by atoms with Crippen LogP contribution in [0.25, 0.3) is 21.9 Å². The highest BCUT2D eigenvalue weighted by molar-refractivity contribution is 7.15. The number of nitrogens with one attached hydrogen (secondary N) is 1. The summed E-state index contributed by atoms with van der Waals surface area (Å²) in [7, 11) is 1.62. The molecule has 0 aliphatic heterocycles. The third-order valence-electron chi connectivity index (χ3n) is 6.01. The zero-order valence-electron chi connectivity index (χ0n) is 20.2. The van der Waals surface area contributed by atoms with Gasteiger partial charge in [-0.05, 0) is 57.0 Å². The van der Waals surface area contributed by atoms with Crippen LogP contribution in [0.4, 0.5) is 0 Å². The van der Waals surface area contributed by atoms with Gasteiger partial charge in [0.25, 0.3) is 5.56 Å². The molecule has 0 saturated carbocycles. The number of nitrogens with zero attached hydrogens (tertiary/aromatic N) is 4. The first-order valence-corrected chi connectivity index (χ1v) is 12.1. The topological polar surface area (TPSA) is 90.5 Å². The minimum absolute atomic E-state index is 0.0509. The Hall–Kier alpha value is -3.46. The first kappa shape index (κ1) is 23.7. The molecule has 1 amide bonds. The Kier molecular flexibility index (Phi) is 6.56. The van der Waals surface area contributed by atoms with E-state index in [4.69, 9.17) is 9.84 Å². The van der Waals surface area contributed by atoms with E-state index in [0.29, 0.717) is 33.5 Å². The average Bonchev–Trinajstić information content (AvgIpc) is 3.36. The Labute approximate surface area is 202 Å². The minimum Gasteiger partial charge on any atom is -0.497 e. The quantitative estimate of drug-likeness (QED) is 0.434. The van der Waals surface area contributed by atoms with Gasteiger partial charge in [-0.3, -0.25) is 14.0 Å². The molecule has 0 unspecified atom stereocenters. The van der Waals surface area contributed by atoms with E-state index in [9.17, 15) is 9.59 Å². The van der Waals surface area contributed by atoms with Crippen LogP contribution in [-0.2, 0) is 11.2 Å². The fourth-order valence-electron chi connectivity index (χ4n) is 3.74. The van der Waals surface area contributed by atoms with Gasteiger partial charge < -0.3 is 10.1 Å². The van der Waals surface area contributed by atoms with Crippen LogP contribution in [0.3, 0.4) is 0 Å². The van der Waals surface area contributed by atoms with Crippen LogP contribution in [0.2, 0.25) is 0 Å². The lowest BCUT2D eigenvalue weighted by Crippen LogP contribution is -2.37. The van der Waals surface area contributed by atoms with Crippen molar-refractivity contribution in [3.63, 3.8) is 0 Å². The number of amides is 1. The second-order valence-corrected chi connectivity index (χ2v) is 9.62. The van der Waals surface area contributed by atoms with Gasteiger partial charge in [0.15, 0.2) is 4.96 Å². The molecule has 9 heteroatoms. The summed E-state index contributed by atoms with van der Waals surface area (Å²) in [5.74, 6) is 0.967. The molecule has 0 saturated heterocycles. The number of carbonyl (C=O) groups is 1. The molecule has 1 N–H and O–H groups in total. The van der Waals surface area contributed by atoms with E-state index in [1.807, 2.05) is 56.5 Å². The van der Waals surface area contributed by atoms with Crippen LogP contribution < -0.4 is 15.6 Å². The number of ether oxygens (including phenoxy) is 1. The maximum absolute atomic E-state index is 13.6. The van der Waals surface area contributed by atoms with E-state index < -0.39 is 0 Å². The summed E-state index contributed by atoms with van der Waals surface area (Å²) in [4.78, 5) is 31.4. The van der Waals surface area contributed by atoms with Crippen molar-refractivity contribution >= 4 is 22.2 Å². The second kappa shape index (κ2) is 9.42. The smallest absolute Gasteiger partial charge is 0.268 e. The molecule has 0 fully saturated rings. The maximum atomic E-state index is 13.6. The largest absolute Gasteiger partial charge is 0.497 e. The van der Waals surface area contributed by atoms with Crippen LogP contribution in [0.5, 0.6) is 5.75 Å². The van der Waals surface area contributed by atoms with Gasteiger partial charge in [-0.15, -0.1) is 11.3 Å². The van der Waals surface area contributed by atoms with Crippen molar-refractivity contribution in [1.82, 2.24) is 24.5 Å². The number of carbonyl (C=O) groups excluding carboxylic acids is 1. The summed E-state index contributed by atoms with van der Waals surface area (Å²) in [5.41, 5.74) is 3.74. The second-order valence-electron chi connectivity index (χ2n) is 8.78. The number of benzene rings is 1. The van der Waals surface area contributed by atoms with E-state index in [-0.39, 0.29) is 23.9 Å². The molecule has 8 nitrogen and oxygen atoms in total. The van der Waals surface area contributed by atoms with E-state index >= 15 is 0 Å². The Balaban J connectivity index is 1.73. The Bertz CT molecular complexity index is 1400. The number of aromatic nitrogens is 4. The predicted molar refractivity (Wildman–Crippen MR) is 134 cm³/mol. The molecular weight excluding hydrogens is 450 g/mol. The first-order valence-electron chi connectivity index (χ1n) is 11.2. The van der Waals surface area contributed by atoms with Crippen LogP contribution in [-0.4, -0.2) is 38.2 Å². The lowest BCUT2D eigenvalue weighted by Gasteiger charge is -2.17. The summed E-state index contributed by atoms with van der Waals surface area (Å²) in [6.45, 7) is 9.85. The van der Waals surface area contributed by atoms with Crippen LogP contribution in [0.15, 0.2) is 40.5 Å². The van der Waals surface area contributed by atoms with Gasteiger partial charge in [0, 0.05) is 22.8 Å². The summed E-state index contributed by atoms with van der Waals surface area (Å²) in [6.07, 6.45) is 0.112. The monoisotopic (exact) mass is 479 g/mol. The highest BCUT2D eigenvalue weighted by Crippen LogP contribution is 2.24. The van der Waals surface area contributed by atoms with Crippen molar-refractivity contribution in [2.75, 3.05) is 7.11 Å². The summed E-state index contributed by atoms with van der Waals surface area (Å²) < 4.78 is 8.56. The van der Waals surface area contributed by atoms with Gasteiger partial charge in [0.1, 0.15) is 11.4 Å². The van der Waals surface area contributed by atoms with Gasteiger partial charge in [-0.2, -0.15) is 5.10 Å². The van der Waals surface area contributed by atoms with Crippen molar-refractivity contribution in [2.45, 2.75) is 47.1 Å². The van der Waals surface area contributed by atoms with Crippen LogP contribution >= 0.6 is 11.3 Å². The number of hydrogen-bond acceptors (Lipinski definition) is 6. The van der Waals surface area contributed by atoms with Crippen molar-refractivity contribution < 1.29 is 9.53 Å². The normalized spacial score (nSPS) is 12.3. The molecule has 3 aromatic heterocycles. The summed E-state index contributed by atoms with van der Waals surface area (Å²) >= 11 is 1.36. The molecule has 4 aromatic rings. The molecule has 4 rings (SSSR count). The van der Waals surface area contributed by atoms with Gasteiger partial charge in [0.05, 0.1) is 30.5 Å². The molecule has 3 heterocycles. The lowest BCUT2D eigenvalue weighted by molar-refractivity contribution is -0.121. The Morgan fingerprint density at radius 1 is 1.18 bits per heavy atom. The lowest BCUT2D eigenvalue weighted by atomic mass is 10.1. The molecule has 1 atom stereocenters. The Morgan fingerprint density at radius 3 is 2.53 bits per heavy atom. The molecule has 178 valence electrons. The highest BCUT2D eigenvalue weighted by atomic mass is 32.1. The zero-order chi connectivity index (χ0) is 24.6. The zero-order valence-corrected chi connectivity index (χ0v) is 21.1. The first-order chi connectivity index (χ1) is 16.2. The van der Waals surface area contributed by atoms with Crippen molar-refractivity contribution in [3.8, 4) is 22.7 Å². The SMILES string of the molecule is COc1ccc(-n2nc(-c3c(C)nc4scc(CC(=O)N[C@@H](C)C(C)C)n4c3=O)cc2C)cc1. The molecule has 0 aliphatic carbocycles. The van der Waals surface area contributed by atoms with Crippen molar-refractivity contribution in [3.05, 3.63) is 63.1 Å². The number of fused-ring (bicyclic) bond motifs is 1. The third kappa shape index (κ3) is 4.48. The maximum Gasteiger partial charge on any atom is 0.268 e. The highest BCUT2D eigenvalue weighted by Gasteiger charge is 2.20. The van der Waals surface area contributed by atoms with E-state index in [1.165, 1.54) is 15.7 Å². The number of thiazole rings is 1. The standard InChI is InChI=1S/C25H29N5O3S/c1-14(2)16(4)26-22(31)12-19-13-34-25-27-17(5)23(24(32)29(19)25)21-11-15(3)30(28-21)18-7-9-20(33-6)10-8-18/h7-11,13-14,16H,12H2,1-6H3,(H,26,31)/t16-/m0/s1. The fraction of sp³-hybridized carbons (Fsp3) is 0.360. The number of hydrogen-bond donors (Lipinski definition) is 1. The van der Waals surface area contributed by atoms with Gasteiger partial charge in [0.2, 0.25) is 5.91 Å². The summed E-state index contributed by atoms with van der Waals surface area (Å²) in [5, 5.41) is 9.54. The van der Waals surface area contributed by atoms with Crippen molar-refractivity contribution in [2.24, 2.45) is 5.92 Å². The van der Waals surface area contributed by atoms with Gasteiger partial charge in [-0.25, -0.2) is 9.67 Å². The van der Waals surface area contributed by atoms with Gasteiger partial charge >= 0.3 is 0 Å². The van der Waals surface area contributed by atoms with Crippen molar-refractivity contribution in [1.29, 1.82) is 0 Å². The van der Waals surface area contributed by atoms with E-state index in [1.54, 1.807) is 11.8 Å². The molecule has 0 aliphatic rings. The average molecular weight is 480 g/mol. The molecule has 0 bridgehead atoms. The van der Waals surface area contributed by atoms with Gasteiger partial charge in [-0.1, -0.05) is 13.8 Å². The summed E-state index contributed by atoms with van der Waals surface area (Å²) in [6, 6.07) is 9.49. The molecule has 0 radical (unpaired) electrons. The van der Waals surface area contributed by atoms with Crippen LogP contribution in [0.1, 0.15) is 37.9 Å². The number of aryl methyl sites for hydroxylation is 2. The molecule has 0 spiro atoms. The molecule has 1 aromatic carbocycles. The third-order valence-corrected chi connectivity index (χ3v) is 6.89. The number of methoxy groups -OCH3 is 1. The predicted octanol–water partition coefficient (Wildman–Crippen LogP) is 3.94. The van der Waals surface area contributed by atoms with E-state index in [0.717, 1.165) is 17.1 Å².